The maximum Gasteiger partial charge on any atom is 0.328 e. The number of allylic oxidation sites excluding steroid dienone is 2. The van der Waals surface area contributed by atoms with Crippen molar-refractivity contribution >= 4 is 37.1 Å². The molecule has 0 radical (unpaired) electrons. The Hall–Kier alpha value is -3.20. The summed E-state index contributed by atoms with van der Waals surface area (Å²) in [6.45, 7) is 13.7. The molecule has 0 amide bonds. The Labute approximate surface area is 250 Å². The van der Waals surface area contributed by atoms with Gasteiger partial charge in [-0.25, -0.2) is 0 Å². The Balaban J connectivity index is 2.24. The standard InChI is InChI=1S/C33H46O8Si/c1-8-25-18-23(20-32(25,28(34)38-9-2)29(35)39-10-3)24-19-26(22-42(6,7)27-16-14-13-15-17-27)33(21-24,30(36)40-11-4)31(37)41-12-5/h13-17,22,25H,8-12,18-21H2,1-7H3/b24-23-,26-22-. The van der Waals surface area contributed by atoms with E-state index >= 15 is 0 Å². The van der Waals surface area contributed by atoms with Gasteiger partial charge in [-0.2, -0.15) is 0 Å². The SMILES string of the molecule is CCOC(=O)C1(C(=O)OCC)C/C(=C2/CC(CC)C(C(=O)OCC)(C(=O)OCC)C2)C/C1=C/[Si](C)(C)c1ccccc1. The first-order valence-corrected chi connectivity index (χ1v) is 18.2. The fraction of sp³-hybridized carbons (Fsp3) is 0.576. The largest absolute Gasteiger partial charge is 0.465 e. The van der Waals surface area contributed by atoms with Gasteiger partial charge in [0.05, 0.1) is 26.4 Å². The Morgan fingerprint density at radius 3 is 1.74 bits per heavy atom. The van der Waals surface area contributed by atoms with Gasteiger partial charge in [0.1, 0.15) is 8.07 Å². The lowest BCUT2D eigenvalue weighted by Gasteiger charge is -2.29. The summed E-state index contributed by atoms with van der Waals surface area (Å²) in [6, 6.07) is 10.1. The number of carbonyl (C=O) groups excluding carboxylic acids is 4. The van der Waals surface area contributed by atoms with E-state index in [1.807, 2.05) is 25.1 Å². The van der Waals surface area contributed by atoms with E-state index in [-0.39, 0.29) is 45.2 Å². The lowest BCUT2D eigenvalue weighted by Crippen LogP contribution is -2.45. The van der Waals surface area contributed by atoms with E-state index in [2.05, 4.69) is 30.9 Å². The van der Waals surface area contributed by atoms with Gasteiger partial charge >= 0.3 is 23.9 Å². The van der Waals surface area contributed by atoms with E-state index < -0.39 is 42.8 Å². The first-order chi connectivity index (χ1) is 20.0. The molecule has 0 saturated heterocycles. The molecule has 9 heteroatoms. The van der Waals surface area contributed by atoms with E-state index in [9.17, 15) is 19.2 Å². The highest BCUT2D eigenvalue weighted by Crippen LogP contribution is 2.56. The average molecular weight is 599 g/mol. The fourth-order valence-corrected chi connectivity index (χ4v) is 8.99. The molecule has 2 saturated carbocycles. The summed E-state index contributed by atoms with van der Waals surface area (Å²) < 4.78 is 22.0. The maximum atomic E-state index is 13.8. The molecule has 8 nitrogen and oxygen atoms in total. The lowest BCUT2D eigenvalue weighted by molar-refractivity contribution is -0.175. The number of carbonyl (C=O) groups is 4. The van der Waals surface area contributed by atoms with Gasteiger partial charge in [-0.3, -0.25) is 19.2 Å². The highest BCUT2D eigenvalue weighted by molar-refractivity contribution is 6.94. The molecule has 3 rings (SSSR count). The first-order valence-electron chi connectivity index (χ1n) is 15.1. The van der Waals surface area contributed by atoms with Crippen LogP contribution in [0.15, 0.2) is 52.8 Å². The van der Waals surface area contributed by atoms with Crippen molar-refractivity contribution in [1.29, 1.82) is 0 Å². The third-order valence-corrected chi connectivity index (χ3v) is 11.6. The molecule has 1 aromatic carbocycles. The molecule has 42 heavy (non-hydrogen) atoms. The summed E-state index contributed by atoms with van der Waals surface area (Å²) in [5.41, 5.74) is 1.45. The van der Waals surface area contributed by atoms with Crippen LogP contribution in [0.5, 0.6) is 0 Å². The van der Waals surface area contributed by atoms with Crippen molar-refractivity contribution in [2.75, 3.05) is 26.4 Å². The van der Waals surface area contributed by atoms with Gasteiger partial charge in [0.2, 0.25) is 0 Å². The molecule has 2 aliphatic carbocycles. The number of hydrogen-bond acceptors (Lipinski definition) is 8. The summed E-state index contributed by atoms with van der Waals surface area (Å²) in [5.74, 6) is -2.76. The number of hydrogen-bond donors (Lipinski definition) is 0. The summed E-state index contributed by atoms with van der Waals surface area (Å²) in [4.78, 5) is 54.5. The Kier molecular flexibility index (Phi) is 11.0. The van der Waals surface area contributed by atoms with Crippen LogP contribution in [-0.2, 0) is 38.1 Å². The van der Waals surface area contributed by atoms with Crippen LogP contribution in [0, 0.1) is 16.7 Å². The normalized spacial score (nSPS) is 22.1. The van der Waals surface area contributed by atoms with Crippen LogP contribution < -0.4 is 5.19 Å². The zero-order valence-electron chi connectivity index (χ0n) is 26.2. The molecule has 230 valence electrons. The predicted molar refractivity (Wildman–Crippen MR) is 162 cm³/mol. The Morgan fingerprint density at radius 2 is 1.26 bits per heavy atom. The fourth-order valence-electron chi connectivity index (χ4n) is 6.55. The van der Waals surface area contributed by atoms with Gasteiger partial charge in [0.15, 0.2) is 10.8 Å². The summed E-state index contributed by atoms with van der Waals surface area (Å²) in [7, 11) is -2.29. The van der Waals surface area contributed by atoms with Gasteiger partial charge in [0.25, 0.3) is 0 Å². The predicted octanol–water partition coefficient (Wildman–Crippen LogP) is 5.20. The third kappa shape index (κ3) is 6.12. The minimum atomic E-state index is -2.29. The van der Waals surface area contributed by atoms with Crippen molar-refractivity contribution in [3.05, 3.63) is 52.8 Å². The Morgan fingerprint density at radius 1 is 0.762 bits per heavy atom. The van der Waals surface area contributed by atoms with Crippen LogP contribution in [0.1, 0.15) is 66.7 Å². The van der Waals surface area contributed by atoms with Gasteiger partial charge in [-0.1, -0.05) is 78.8 Å². The number of rotatable bonds is 11. The summed E-state index contributed by atoms with van der Waals surface area (Å²) >= 11 is 0. The topological polar surface area (TPSA) is 105 Å². The van der Waals surface area contributed by atoms with Crippen molar-refractivity contribution in [3.8, 4) is 0 Å². The number of esters is 4. The second-order valence-corrected chi connectivity index (χ2v) is 15.9. The van der Waals surface area contributed by atoms with Crippen molar-refractivity contribution in [1.82, 2.24) is 0 Å². The molecule has 0 spiro atoms. The van der Waals surface area contributed by atoms with Crippen molar-refractivity contribution in [3.63, 3.8) is 0 Å². The zero-order chi connectivity index (χ0) is 31.1. The molecule has 0 bridgehead atoms. The molecule has 0 aliphatic heterocycles. The lowest BCUT2D eigenvalue weighted by atomic mass is 9.76. The molecular weight excluding hydrogens is 552 g/mol. The summed E-state index contributed by atoms with van der Waals surface area (Å²) in [6.07, 6.45) is 1.61. The molecular formula is C33H46O8Si. The molecule has 0 aromatic heterocycles. The Bertz CT molecular complexity index is 1190. The number of benzene rings is 1. The molecule has 1 unspecified atom stereocenters. The molecule has 1 atom stereocenters. The van der Waals surface area contributed by atoms with E-state index in [4.69, 9.17) is 18.9 Å². The first kappa shape index (κ1) is 33.3. The molecule has 1 aromatic rings. The van der Waals surface area contributed by atoms with Crippen LogP contribution in [0.3, 0.4) is 0 Å². The number of ether oxygens (including phenoxy) is 4. The second-order valence-electron chi connectivity index (χ2n) is 11.6. The smallest absolute Gasteiger partial charge is 0.328 e. The molecule has 2 fully saturated rings. The molecule has 0 N–H and O–H groups in total. The van der Waals surface area contributed by atoms with E-state index in [1.165, 1.54) is 0 Å². The third-order valence-electron chi connectivity index (χ3n) is 8.69. The van der Waals surface area contributed by atoms with Gasteiger partial charge in [0, 0.05) is 0 Å². The zero-order valence-corrected chi connectivity index (χ0v) is 27.2. The van der Waals surface area contributed by atoms with Crippen LogP contribution in [0.4, 0.5) is 0 Å². The highest BCUT2D eigenvalue weighted by atomic mass is 28.3. The van der Waals surface area contributed by atoms with E-state index in [0.29, 0.717) is 24.8 Å². The second kappa shape index (κ2) is 13.8. The van der Waals surface area contributed by atoms with E-state index in [0.717, 1.165) is 16.3 Å². The monoisotopic (exact) mass is 598 g/mol. The highest BCUT2D eigenvalue weighted by Gasteiger charge is 2.61. The van der Waals surface area contributed by atoms with Gasteiger partial charge in [-0.05, 0) is 64.9 Å². The quantitative estimate of drug-likeness (QED) is 0.113. The van der Waals surface area contributed by atoms with Crippen molar-refractivity contribution in [2.24, 2.45) is 16.7 Å². The minimum absolute atomic E-state index is 0.0866. The van der Waals surface area contributed by atoms with Crippen molar-refractivity contribution in [2.45, 2.75) is 79.8 Å². The van der Waals surface area contributed by atoms with Gasteiger partial charge < -0.3 is 18.9 Å². The van der Waals surface area contributed by atoms with Crippen molar-refractivity contribution < 1.29 is 38.1 Å². The van der Waals surface area contributed by atoms with Crippen LogP contribution in [-0.4, -0.2) is 58.4 Å². The average Bonchev–Trinajstić information content (AvgIpc) is 3.54. The van der Waals surface area contributed by atoms with Crippen LogP contribution in [0.25, 0.3) is 0 Å². The van der Waals surface area contributed by atoms with E-state index in [1.54, 1.807) is 27.7 Å². The minimum Gasteiger partial charge on any atom is -0.465 e. The summed E-state index contributed by atoms with van der Waals surface area (Å²) in [5, 5.41) is 1.16. The van der Waals surface area contributed by atoms with Gasteiger partial charge in [-0.15, -0.1) is 0 Å². The maximum absolute atomic E-state index is 13.8. The molecule has 0 heterocycles. The van der Waals surface area contributed by atoms with Crippen LogP contribution >= 0.6 is 0 Å². The van der Waals surface area contributed by atoms with Crippen LogP contribution in [0.2, 0.25) is 13.1 Å². The molecule has 2 aliphatic rings.